The molecule has 1 atom stereocenters. The molecule has 2 aliphatic heterocycles. The summed E-state index contributed by atoms with van der Waals surface area (Å²) >= 11 is 0. The van der Waals surface area contributed by atoms with Crippen molar-refractivity contribution < 1.29 is 4.79 Å². The molecule has 0 saturated carbocycles. The van der Waals surface area contributed by atoms with E-state index in [0.717, 1.165) is 54.0 Å². The summed E-state index contributed by atoms with van der Waals surface area (Å²) < 4.78 is 2.01. The van der Waals surface area contributed by atoms with Crippen LogP contribution in [-0.2, 0) is 13.0 Å². The Morgan fingerprint density at radius 3 is 2.96 bits per heavy atom. The molecule has 3 heterocycles. The Bertz CT molecular complexity index is 806. The van der Waals surface area contributed by atoms with Gasteiger partial charge in [-0.2, -0.15) is 5.10 Å². The summed E-state index contributed by atoms with van der Waals surface area (Å²) in [4.78, 5) is 13.1. The minimum Gasteiger partial charge on any atom is -0.377 e. The Morgan fingerprint density at radius 2 is 2.12 bits per heavy atom. The third-order valence-corrected chi connectivity index (χ3v) is 5.22. The second kappa shape index (κ2) is 5.36. The number of nitrogens with zero attached hydrogens (tertiary/aromatic N) is 2. The number of rotatable bonds is 2. The first-order valence-corrected chi connectivity index (χ1v) is 8.71. The summed E-state index contributed by atoms with van der Waals surface area (Å²) in [7, 11) is 0. The third-order valence-electron chi connectivity index (χ3n) is 5.22. The molecule has 0 spiro atoms. The fourth-order valence-electron chi connectivity index (χ4n) is 4.05. The van der Waals surface area contributed by atoms with E-state index in [1.165, 1.54) is 0 Å². The topological polar surface area (TPSA) is 59.0 Å². The number of anilines is 1. The predicted octanol–water partition coefficient (Wildman–Crippen LogP) is 3.20. The fraction of sp³-hybridized carbons (Fsp3) is 0.474. The van der Waals surface area contributed by atoms with Gasteiger partial charge in [0.15, 0.2) is 0 Å². The van der Waals surface area contributed by atoms with Crippen LogP contribution in [0.25, 0.3) is 0 Å². The number of carbonyl (C=O) groups is 1. The lowest BCUT2D eigenvalue weighted by Gasteiger charge is -2.29. The molecule has 0 saturated heterocycles. The van der Waals surface area contributed by atoms with Gasteiger partial charge >= 0.3 is 0 Å². The zero-order valence-electron chi connectivity index (χ0n) is 14.5. The number of aromatic nitrogens is 2. The zero-order valence-corrected chi connectivity index (χ0v) is 14.5. The van der Waals surface area contributed by atoms with Gasteiger partial charge in [0, 0.05) is 12.2 Å². The molecule has 1 aromatic heterocycles. The van der Waals surface area contributed by atoms with Gasteiger partial charge < -0.3 is 10.6 Å². The van der Waals surface area contributed by atoms with E-state index in [9.17, 15) is 4.79 Å². The molecule has 5 nitrogen and oxygen atoms in total. The summed E-state index contributed by atoms with van der Waals surface area (Å²) in [5.74, 6) is -0.00720. The summed E-state index contributed by atoms with van der Waals surface area (Å²) in [6.45, 7) is 7.10. The number of amides is 1. The molecule has 4 rings (SSSR count). The molecule has 1 amide bonds. The summed E-state index contributed by atoms with van der Waals surface area (Å²) in [6, 6.07) is 8.14. The highest BCUT2D eigenvalue weighted by atomic mass is 16.1. The maximum atomic E-state index is 13.1. The van der Waals surface area contributed by atoms with Crippen molar-refractivity contribution in [2.45, 2.75) is 58.2 Å². The van der Waals surface area contributed by atoms with Crippen LogP contribution in [0.3, 0.4) is 0 Å². The van der Waals surface area contributed by atoms with Gasteiger partial charge in [-0.25, -0.2) is 0 Å². The first-order chi connectivity index (χ1) is 11.5. The van der Waals surface area contributed by atoms with Crippen LogP contribution in [-0.4, -0.2) is 21.2 Å². The molecule has 126 valence electrons. The van der Waals surface area contributed by atoms with Crippen molar-refractivity contribution in [2.24, 2.45) is 0 Å². The van der Waals surface area contributed by atoms with Gasteiger partial charge in [0.1, 0.15) is 0 Å². The quantitative estimate of drug-likeness (QED) is 0.892. The molecule has 0 bridgehead atoms. The van der Waals surface area contributed by atoms with Crippen molar-refractivity contribution in [1.29, 1.82) is 0 Å². The van der Waals surface area contributed by atoms with Crippen molar-refractivity contribution in [1.82, 2.24) is 15.1 Å². The Balaban J connectivity index is 1.66. The lowest BCUT2D eigenvalue weighted by Crippen LogP contribution is -2.43. The van der Waals surface area contributed by atoms with Gasteiger partial charge in [0.05, 0.1) is 28.5 Å². The predicted molar refractivity (Wildman–Crippen MR) is 94.3 cm³/mol. The number of carbonyl (C=O) groups excluding carboxylic acids is 1. The minimum atomic E-state index is -0.222. The average Bonchev–Trinajstić information content (AvgIpc) is 3.00. The fourth-order valence-corrected chi connectivity index (χ4v) is 4.05. The largest absolute Gasteiger partial charge is 0.377 e. The van der Waals surface area contributed by atoms with Gasteiger partial charge in [0.25, 0.3) is 5.91 Å². The van der Waals surface area contributed by atoms with E-state index >= 15 is 0 Å². The Kier molecular flexibility index (Phi) is 3.41. The number of para-hydroxylation sites is 1. The first kappa shape index (κ1) is 15.2. The normalized spacial score (nSPS) is 20.9. The van der Waals surface area contributed by atoms with Crippen LogP contribution in [0.5, 0.6) is 0 Å². The molecule has 1 aromatic carbocycles. The number of benzene rings is 1. The second-order valence-corrected chi connectivity index (χ2v) is 7.43. The first-order valence-electron chi connectivity index (χ1n) is 8.71. The van der Waals surface area contributed by atoms with Crippen LogP contribution >= 0.6 is 0 Å². The van der Waals surface area contributed by atoms with Crippen LogP contribution in [0.1, 0.15) is 60.0 Å². The van der Waals surface area contributed by atoms with Crippen LogP contribution in [0, 0.1) is 6.92 Å². The number of aryl methyl sites for hydroxylation is 2. The number of nitrogens with one attached hydrogen (secondary N) is 2. The maximum Gasteiger partial charge on any atom is 0.255 e. The van der Waals surface area contributed by atoms with Gasteiger partial charge in [0.2, 0.25) is 0 Å². The van der Waals surface area contributed by atoms with Crippen molar-refractivity contribution in [3.8, 4) is 0 Å². The van der Waals surface area contributed by atoms with Crippen molar-refractivity contribution in [3.63, 3.8) is 0 Å². The molecule has 1 unspecified atom stereocenters. The SMILES string of the molecule is Cc1nn2c(c1C(=O)NC1c3ccccc3NC1(C)C)CCCC2. The highest BCUT2D eigenvalue weighted by molar-refractivity contribution is 5.97. The Hall–Kier alpha value is -2.30. The molecule has 2 aromatic rings. The van der Waals surface area contributed by atoms with E-state index in [0.29, 0.717) is 0 Å². The lowest BCUT2D eigenvalue weighted by molar-refractivity contribution is 0.0923. The Morgan fingerprint density at radius 1 is 1.33 bits per heavy atom. The highest BCUT2D eigenvalue weighted by Crippen LogP contribution is 2.40. The highest BCUT2D eigenvalue weighted by Gasteiger charge is 2.40. The number of hydrogen-bond donors (Lipinski definition) is 2. The molecule has 0 radical (unpaired) electrons. The molecule has 0 fully saturated rings. The molecule has 2 aliphatic rings. The molecular formula is C19H24N4O. The molecule has 5 heteroatoms. The van der Waals surface area contributed by atoms with Crippen LogP contribution in [0.4, 0.5) is 5.69 Å². The molecule has 24 heavy (non-hydrogen) atoms. The van der Waals surface area contributed by atoms with Crippen molar-refractivity contribution >= 4 is 11.6 Å². The summed E-state index contributed by atoms with van der Waals surface area (Å²) in [5.41, 5.74) is 4.72. The smallest absolute Gasteiger partial charge is 0.255 e. The second-order valence-electron chi connectivity index (χ2n) is 7.43. The van der Waals surface area contributed by atoms with Gasteiger partial charge in [-0.3, -0.25) is 9.48 Å². The van der Waals surface area contributed by atoms with E-state index in [1.807, 2.05) is 23.7 Å². The maximum absolute atomic E-state index is 13.1. The summed E-state index contributed by atoms with van der Waals surface area (Å²) in [6.07, 6.45) is 3.21. The van der Waals surface area contributed by atoms with Gasteiger partial charge in [-0.1, -0.05) is 18.2 Å². The molecule has 0 aliphatic carbocycles. The number of hydrogen-bond acceptors (Lipinski definition) is 3. The minimum absolute atomic E-state index is 0.00720. The monoisotopic (exact) mass is 324 g/mol. The van der Waals surface area contributed by atoms with Crippen molar-refractivity contribution in [3.05, 3.63) is 46.8 Å². The van der Waals surface area contributed by atoms with E-state index in [4.69, 9.17) is 0 Å². The lowest BCUT2D eigenvalue weighted by atomic mass is 9.92. The van der Waals surface area contributed by atoms with E-state index in [2.05, 4.69) is 41.7 Å². The third kappa shape index (κ3) is 2.30. The van der Waals surface area contributed by atoms with Crippen molar-refractivity contribution in [2.75, 3.05) is 5.32 Å². The van der Waals surface area contributed by atoms with Gasteiger partial charge in [-0.05, 0) is 51.7 Å². The van der Waals surface area contributed by atoms with E-state index < -0.39 is 0 Å². The van der Waals surface area contributed by atoms with Gasteiger partial charge in [-0.15, -0.1) is 0 Å². The average molecular weight is 324 g/mol. The van der Waals surface area contributed by atoms with Crippen LogP contribution in [0.15, 0.2) is 24.3 Å². The molecular weight excluding hydrogens is 300 g/mol. The number of fused-ring (bicyclic) bond motifs is 2. The zero-order chi connectivity index (χ0) is 16.9. The van der Waals surface area contributed by atoms with E-state index in [-0.39, 0.29) is 17.5 Å². The van der Waals surface area contributed by atoms with E-state index in [1.54, 1.807) is 0 Å². The molecule has 2 N–H and O–H groups in total. The standard InChI is InChI=1S/C19H24N4O/c1-12-16(15-10-6-7-11-23(15)22-12)18(24)20-17-13-8-4-5-9-14(13)21-19(17,2)3/h4-5,8-9,17,21H,6-7,10-11H2,1-3H3,(H,20,24). The summed E-state index contributed by atoms with van der Waals surface area (Å²) in [5, 5.41) is 11.3. The Labute approximate surface area is 142 Å². The van der Waals surface area contributed by atoms with Crippen LogP contribution in [0.2, 0.25) is 0 Å². The van der Waals surface area contributed by atoms with Crippen LogP contribution < -0.4 is 10.6 Å².